The third-order valence-corrected chi connectivity index (χ3v) is 6.57. The van der Waals surface area contributed by atoms with Gasteiger partial charge in [0.2, 0.25) is 0 Å². The summed E-state index contributed by atoms with van der Waals surface area (Å²) in [7, 11) is 0. The van der Waals surface area contributed by atoms with Crippen LogP contribution in [0.25, 0.3) is 11.3 Å². The second kappa shape index (κ2) is 8.16. The molecule has 2 unspecified atom stereocenters. The average molecular weight is 470 g/mol. The third-order valence-electron chi connectivity index (χ3n) is 6.57. The Bertz CT molecular complexity index is 1460. The normalized spacial score (nSPS) is 17.9. The molecule has 1 saturated carbocycles. The number of halogens is 2. The maximum atomic E-state index is 14.0. The number of fused-ring (bicyclic) bond motifs is 2. The number of carbonyl (C=O) groups is 2. The van der Waals surface area contributed by atoms with E-state index in [4.69, 9.17) is 0 Å². The predicted molar refractivity (Wildman–Crippen MR) is 128 cm³/mol. The lowest BCUT2D eigenvalue weighted by Crippen LogP contribution is -2.16. The van der Waals surface area contributed by atoms with E-state index in [2.05, 4.69) is 20.6 Å². The summed E-state index contributed by atoms with van der Waals surface area (Å²) in [6, 6.07) is 16.1. The van der Waals surface area contributed by atoms with Crippen LogP contribution in [0.2, 0.25) is 0 Å². The summed E-state index contributed by atoms with van der Waals surface area (Å²) in [6.45, 7) is 0. The van der Waals surface area contributed by atoms with Gasteiger partial charge in [0.1, 0.15) is 23.0 Å². The van der Waals surface area contributed by atoms with Crippen LogP contribution in [0.5, 0.6) is 0 Å². The van der Waals surface area contributed by atoms with Crippen LogP contribution in [-0.4, -0.2) is 21.7 Å². The Balaban J connectivity index is 1.38. The molecule has 6 nitrogen and oxygen atoms in total. The number of aromatic nitrogens is 2. The Labute approximate surface area is 199 Å². The van der Waals surface area contributed by atoms with Gasteiger partial charge in [-0.25, -0.2) is 13.8 Å². The van der Waals surface area contributed by atoms with Gasteiger partial charge in [0.25, 0.3) is 5.91 Å². The first-order valence-corrected chi connectivity index (χ1v) is 11.3. The van der Waals surface area contributed by atoms with Crippen molar-refractivity contribution in [3.05, 3.63) is 95.3 Å². The van der Waals surface area contributed by atoms with Gasteiger partial charge in [0, 0.05) is 29.1 Å². The first kappa shape index (κ1) is 21.2. The molecule has 2 atom stereocenters. The van der Waals surface area contributed by atoms with Crippen LogP contribution >= 0.6 is 0 Å². The number of H-pyrrole nitrogens is 1. The van der Waals surface area contributed by atoms with E-state index in [1.807, 2.05) is 30.3 Å². The average Bonchev–Trinajstić information content (AvgIpc) is 3.54. The maximum absolute atomic E-state index is 14.0. The van der Waals surface area contributed by atoms with Gasteiger partial charge in [-0.15, -0.1) is 0 Å². The van der Waals surface area contributed by atoms with Crippen molar-refractivity contribution in [2.75, 3.05) is 10.6 Å². The largest absolute Gasteiger partial charge is 0.356 e. The Morgan fingerprint density at radius 1 is 1.03 bits per heavy atom. The topological polar surface area (TPSA) is 86.9 Å². The van der Waals surface area contributed by atoms with Gasteiger partial charge >= 0.3 is 0 Å². The van der Waals surface area contributed by atoms with E-state index in [9.17, 15) is 18.4 Å². The second-order valence-corrected chi connectivity index (χ2v) is 8.87. The lowest BCUT2D eigenvalue weighted by atomic mass is 9.95. The molecule has 35 heavy (non-hydrogen) atoms. The highest BCUT2D eigenvalue weighted by Gasteiger charge is 2.49. The standard InChI is InChI=1S/C27H20F2N4O2/c28-18-7-4-8-19(29)22(18)27(35)33-21-13-14(9-10-30-21)24-25(31-16-5-2-1-3-6-16)23-20(32-24)12-15-11-17(15)26(23)34/h1-10,13,15,17,31-32H,11-12H2,(H,30,33,35). The first-order valence-electron chi connectivity index (χ1n) is 11.3. The number of anilines is 3. The molecule has 0 radical (unpaired) electrons. The van der Waals surface area contributed by atoms with Crippen molar-refractivity contribution in [2.24, 2.45) is 11.8 Å². The van der Waals surface area contributed by atoms with Crippen molar-refractivity contribution in [3.8, 4) is 11.3 Å². The van der Waals surface area contributed by atoms with Crippen LogP contribution in [0.3, 0.4) is 0 Å². The fraction of sp³-hybridized carbons (Fsp3) is 0.148. The summed E-state index contributed by atoms with van der Waals surface area (Å²) < 4.78 is 28.1. The summed E-state index contributed by atoms with van der Waals surface area (Å²) >= 11 is 0. The van der Waals surface area contributed by atoms with Crippen LogP contribution in [0.4, 0.5) is 26.0 Å². The SMILES string of the molecule is O=C(Nc1cc(-c2[nH]c3c(c2Nc2ccccc2)C(=O)C2CC2C3)ccn1)c1c(F)cccc1F. The van der Waals surface area contributed by atoms with Crippen molar-refractivity contribution < 1.29 is 18.4 Å². The zero-order valence-electron chi connectivity index (χ0n) is 18.4. The number of nitrogens with one attached hydrogen (secondary N) is 3. The van der Waals surface area contributed by atoms with Gasteiger partial charge < -0.3 is 15.6 Å². The number of aromatic amines is 1. The van der Waals surface area contributed by atoms with Gasteiger partial charge in [-0.3, -0.25) is 9.59 Å². The number of Topliss-reactive ketones (excluding diaryl/α,β-unsaturated/α-hetero) is 1. The quantitative estimate of drug-likeness (QED) is 0.348. The van der Waals surface area contributed by atoms with Gasteiger partial charge in [0.05, 0.1) is 16.9 Å². The van der Waals surface area contributed by atoms with Crippen molar-refractivity contribution in [2.45, 2.75) is 12.8 Å². The number of carbonyl (C=O) groups excluding carboxylic acids is 2. The van der Waals surface area contributed by atoms with Crippen molar-refractivity contribution >= 4 is 28.9 Å². The van der Waals surface area contributed by atoms with E-state index in [1.54, 1.807) is 12.1 Å². The Morgan fingerprint density at radius 3 is 2.57 bits per heavy atom. The molecule has 2 aromatic heterocycles. The van der Waals surface area contributed by atoms with Gasteiger partial charge in [0.15, 0.2) is 5.78 Å². The zero-order valence-corrected chi connectivity index (χ0v) is 18.4. The lowest BCUT2D eigenvalue weighted by Gasteiger charge is -2.13. The van der Waals surface area contributed by atoms with Crippen LogP contribution < -0.4 is 10.6 Å². The third kappa shape index (κ3) is 3.77. The molecule has 2 heterocycles. The smallest absolute Gasteiger partial charge is 0.262 e. The van der Waals surface area contributed by atoms with Crippen molar-refractivity contribution in [1.82, 2.24) is 9.97 Å². The minimum absolute atomic E-state index is 0.0745. The number of nitrogens with zero attached hydrogens (tertiary/aromatic N) is 1. The number of rotatable bonds is 5. The summed E-state index contributed by atoms with van der Waals surface area (Å²) in [6.07, 6.45) is 3.21. The summed E-state index contributed by atoms with van der Waals surface area (Å²) in [5.41, 5.74) is 3.73. The Kier molecular flexibility index (Phi) is 4.95. The molecule has 1 fully saturated rings. The van der Waals surface area contributed by atoms with Crippen LogP contribution in [-0.2, 0) is 6.42 Å². The minimum Gasteiger partial charge on any atom is -0.356 e. The first-order chi connectivity index (χ1) is 17.0. The fourth-order valence-corrected chi connectivity index (χ4v) is 4.77. The lowest BCUT2D eigenvalue weighted by molar-refractivity contribution is 0.0953. The number of pyridine rings is 1. The highest BCUT2D eigenvalue weighted by molar-refractivity contribution is 6.10. The van der Waals surface area contributed by atoms with E-state index < -0.39 is 23.1 Å². The minimum atomic E-state index is -0.956. The number of ketones is 1. The highest BCUT2D eigenvalue weighted by Crippen LogP contribution is 2.51. The second-order valence-electron chi connectivity index (χ2n) is 8.87. The summed E-state index contributed by atoms with van der Waals surface area (Å²) in [4.78, 5) is 33.3. The number of amides is 1. The summed E-state index contributed by atoms with van der Waals surface area (Å²) in [5, 5.41) is 5.86. The van der Waals surface area contributed by atoms with E-state index in [-0.39, 0.29) is 17.5 Å². The molecule has 2 aromatic carbocycles. The number of hydrogen-bond acceptors (Lipinski definition) is 4. The summed E-state index contributed by atoms with van der Waals surface area (Å²) in [5.74, 6) is -2.13. The maximum Gasteiger partial charge on any atom is 0.262 e. The van der Waals surface area contributed by atoms with Gasteiger partial charge in [-0.1, -0.05) is 24.3 Å². The Hall–Kier alpha value is -4.33. The van der Waals surface area contributed by atoms with Crippen molar-refractivity contribution in [3.63, 3.8) is 0 Å². The number of para-hydroxylation sites is 1. The molecule has 2 aliphatic carbocycles. The van der Waals surface area contributed by atoms with Gasteiger partial charge in [-0.2, -0.15) is 0 Å². The van der Waals surface area contributed by atoms with E-state index in [0.717, 1.165) is 36.4 Å². The van der Waals surface area contributed by atoms with E-state index >= 15 is 0 Å². The predicted octanol–water partition coefficient (Wildman–Crippen LogP) is 5.73. The highest BCUT2D eigenvalue weighted by atomic mass is 19.1. The zero-order chi connectivity index (χ0) is 24.1. The molecule has 0 bridgehead atoms. The van der Waals surface area contributed by atoms with Crippen LogP contribution in [0.1, 0.15) is 32.8 Å². The molecular formula is C27H20F2N4O2. The Morgan fingerprint density at radius 2 is 1.80 bits per heavy atom. The molecule has 0 spiro atoms. The molecule has 8 heteroatoms. The van der Waals surface area contributed by atoms with Crippen LogP contribution in [0.15, 0.2) is 66.9 Å². The molecular weight excluding hydrogens is 450 g/mol. The fourth-order valence-electron chi connectivity index (χ4n) is 4.77. The van der Waals surface area contributed by atoms with E-state index in [0.29, 0.717) is 28.4 Å². The monoisotopic (exact) mass is 470 g/mol. The molecule has 2 aliphatic rings. The molecule has 1 amide bonds. The molecule has 0 saturated heterocycles. The number of benzene rings is 2. The molecule has 174 valence electrons. The van der Waals surface area contributed by atoms with Crippen LogP contribution in [0, 0.1) is 23.5 Å². The molecule has 6 rings (SSSR count). The molecule has 4 aromatic rings. The van der Waals surface area contributed by atoms with Gasteiger partial charge in [-0.05, 0) is 55.2 Å². The number of hydrogen-bond donors (Lipinski definition) is 3. The molecule has 0 aliphatic heterocycles. The van der Waals surface area contributed by atoms with E-state index in [1.165, 1.54) is 12.3 Å². The van der Waals surface area contributed by atoms with Crippen molar-refractivity contribution in [1.29, 1.82) is 0 Å². The molecule has 3 N–H and O–H groups in total.